The highest BCUT2D eigenvalue weighted by Gasteiger charge is 2.25. The topological polar surface area (TPSA) is 54.2 Å². The highest BCUT2D eigenvalue weighted by molar-refractivity contribution is 4.87. The molecule has 1 N–H and O–H groups in total. The maximum absolute atomic E-state index is 5.40. The molecular formula is C10H18N4O. The zero-order valence-corrected chi connectivity index (χ0v) is 9.53. The lowest BCUT2D eigenvalue weighted by Crippen LogP contribution is -2.54. The van der Waals surface area contributed by atoms with Gasteiger partial charge in [0.2, 0.25) is 11.8 Å². The number of nitrogens with zero attached hydrogens (tertiary/aromatic N) is 3. The van der Waals surface area contributed by atoms with Crippen molar-refractivity contribution in [2.75, 3.05) is 13.1 Å². The first-order valence-electron chi connectivity index (χ1n) is 5.42. The molecule has 1 fully saturated rings. The van der Waals surface area contributed by atoms with E-state index in [1.807, 2.05) is 6.92 Å². The lowest BCUT2D eigenvalue weighted by atomic mass is 10.1. The summed E-state index contributed by atoms with van der Waals surface area (Å²) in [5.41, 5.74) is 0. The van der Waals surface area contributed by atoms with Crippen LogP contribution in [0.1, 0.15) is 25.6 Å². The molecule has 2 unspecified atom stereocenters. The molecule has 1 aromatic heterocycles. The first kappa shape index (κ1) is 10.6. The van der Waals surface area contributed by atoms with Crippen LogP contribution in [-0.2, 0) is 6.54 Å². The van der Waals surface area contributed by atoms with Gasteiger partial charge in [-0.05, 0) is 13.8 Å². The molecule has 0 bridgehead atoms. The molecule has 5 heteroatoms. The van der Waals surface area contributed by atoms with Crippen molar-refractivity contribution in [3.05, 3.63) is 11.8 Å². The average molecular weight is 210 g/mol. The van der Waals surface area contributed by atoms with Gasteiger partial charge in [0.25, 0.3) is 0 Å². The Kier molecular flexibility index (Phi) is 3.02. The van der Waals surface area contributed by atoms with Crippen molar-refractivity contribution >= 4 is 0 Å². The fourth-order valence-corrected chi connectivity index (χ4v) is 2.04. The summed E-state index contributed by atoms with van der Waals surface area (Å²) in [6.07, 6.45) is 0. The third-order valence-corrected chi connectivity index (χ3v) is 2.90. The van der Waals surface area contributed by atoms with Crippen LogP contribution in [0.5, 0.6) is 0 Å². The second kappa shape index (κ2) is 4.28. The minimum atomic E-state index is 0.515. The van der Waals surface area contributed by atoms with Crippen LogP contribution in [0.25, 0.3) is 0 Å². The number of hydrogen-bond acceptors (Lipinski definition) is 5. The van der Waals surface area contributed by atoms with Gasteiger partial charge in [-0.25, -0.2) is 0 Å². The monoisotopic (exact) mass is 210 g/mol. The zero-order chi connectivity index (χ0) is 10.8. The van der Waals surface area contributed by atoms with E-state index in [0.717, 1.165) is 19.6 Å². The lowest BCUT2D eigenvalue weighted by Gasteiger charge is -2.38. The van der Waals surface area contributed by atoms with Crippen molar-refractivity contribution in [2.45, 2.75) is 39.4 Å². The normalized spacial score (nSPS) is 28.2. The first-order valence-corrected chi connectivity index (χ1v) is 5.42. The van der Waals surface area contributed by atoms with Crippen LogP contribution >= 0.6 is 0 Å². The summed E-state index contributed by atoms with van der Waals surface area (Å²) >= 11 is 0. The second-order valence-corrected chi connectivity index (χ2v) is 4.24. The van der Waals surface area contributed by atoms with Crippen LogP contribution in [0.2, 0.25) is 0 Å². The molecule has 1 aromatic rings. The summed E-state index contributed by atoms with van der Waals surface area (Å²) in [6.45, 7) is 9.05. The van der Waals surface area contributed by atoms with Crippen molar-refractivity contribution < 1.29 is 4.42 Å². The van der Waals surface area contributed by atoms with Gasteiger partial charge in [0.1, 0.15) is 0 Å². The third kappa shape index (κ3) is 2.35. The maximum Gasteiger partial charge on any atom is 0.230 e. The zero-order valence-electron chi connectivity index (χ0n) is 9.53. The van der Waals surface area contributed by atoms with Crippen LogP contribution < -0.4 is 5.32 Å². The van der Waals surface area contributed by atoms with E-state index in [1.165, 1.54) is 0 Å². The van der Waals surface area contributed by atoms with Crippen molar-refractivity contribution in [2.24, 2.45) is 0 Å². The van der Waals surface area contributed by atoms with Gasteiger partial charge in [-0.15, -0.1) is 10.2 Å². The predicted octanol–water partition coefficient (Wildman–Crippen LogP) is 0.560. The molecule has 0 saturated carbocycles. The van der Waals surface area contributed by atoms with Gasteiger partial charge >= 0.3 is 0 Å². The van der Waals surface area contributed by atoms with Gasteiger partial charge in [0.15, 0.2) is 0 Å². The SMILES string of the molecule is Cc1nnc(CN2C(C)CNCC2C)o1. The molecule has 1 aliphatic rings. The quantitative estimate of drug-likeness (QED) is 0.773. The summed E-state index contributed by atoms with van der Waals surface area (Å²) in [7, 11) is 0. The average Bonchev–Trinajstić information content (AvgIpc) is 2.58. The minimum Gasteiger partial charge on any atom is -0.424 e. The molecule has 0 spiro atoms. The molecule has 2 heterocycles. The standard InChI is InChI=1S/C10H18N4O/c1-7-4-11-5-8(2)14(7)6-10-13-12-9(3)15-10/h7-8,11H,4-6H2,1-3H3. The number of aromatic nitrogens is 2. The van der Waals surface area contributed by atoms with Gasteiger partial charge in [-0.3, -0.25) is 4.90 Å². The molecule has 84 valence electrons. The molecule has 2 atom stereocenters. The summed E-state index contributed by atoms with van der Waals surface area (Å²) in [4.78, 5) is 2.39. The Hall–Kier alpha value is -0.940. The van der Waals surface area contributed by atoms with E-state index in [0.29, 0.717) is 23.9 Å². The van der Waals surface area contributed by atoms with Crippen LogP contribution in [0.4, 0.5) is 0 Å². The molecule has 0 amide bonds. The number of hydrogen-bond donors (Lipinski definition) is 1. The predicted molar refractivity (Wildman–Crippen MR) is 56.4 cm³/mol. The van der Waals surface area contributed by atoms with E-state index in [-0.39, 0.29) is 0 Å². The van der Waals surface area contributed by atoms with E-state index in [9.17, 15) is 0 Å². The Morgan fingerprint density at radius 1 is 1.33 bits per heavy atom. The van der Waals surface area contributed by atoms with E-state index in [1.54, 1.807) is 0 Å². The third-order valence-electron chi connectivity index (χ3n) is 2.90. The number of aryl methyl sites for hydroxylation is 1. The van der Waals surface area contributed by atoms with Crippen molar-refractivity contribution in [1.82, 2.24) is 20.4 Å². The fraction of sp³-hybridized carbons (Fsp3) is 0.800. The molecule has 2 rings (SSSR count). The van der Waals surface area contributed by atoms with Crippen molar-refractivity contribution in [3.63, 3.8) is 0 Å². The van der Waals surface area contributed by atoms with Gasteiger partial charge in [-0.1, -0.05) is 0 Å². The van der Waals surface area contributed by atoms with Gasteiger partial charge in [0.05, 0.1) is 6.54 Å². The molecule has 0 aliphatic carbocycles. The summed E-state index contributed by atoms with van der Waals surface area (Å²) in [5.74, 6) is 1.36. The second-order valence-electron chi connectivity index (χ2n) is 4.24. The number of piperazine rings is 1. The molecule has 0 aromatic carbocycles. The van der Waals surface area contributed by atoms with Crippen LogP contribution in [0.15, 0.2) is 4.42 Å². The Morgan fingerprint density at radius 2 is 2.00 bits per heavy atom. The van der Waals surface area contributed by atoms with Gasteiger partial charge in [0, 0.05) is 32.1 Å². The summed E-state index contributed by atoms with van der Waals surface area (Å²) in [5, 5.41) is 11.3. The molecule has 1 aliphatic heterocycles. The number of rotatable bonds is 2. The highest BCUT2D eigenvalue weighted by Crippen LogP contribution is 2.13. The Morgan fingerprint density at radius 3 is 2.53 bits per heavy atom. The van der Waals surface area contributed by atoms with Crippen LogP contribution in [0, 0.1) is 6.92 Å². The molecular weight excluding hydrogens is 192 g/mol. The lowest BCUT2D eigenvalue weighted by molar-refractivity contribution is 0.0973. The first-order chi connectivity index (χ1) is 7.16. The molecule has 1 saturated heterocycles. The largest absolute Gasteiger partial charge is 0.424 e. The van der Waals surface area contributed by atoms with E-state index in [4.69, 9.17) is 4.42 Å². The smallest absolute Gasteiger partial charge is 0.230 e. The minimum absolute atomic E-state index is 0.515. The molecule has 0 radical (unpaired) electrons. The van der Waals surface area contributed by atoms with Crippen molar-refractivity contribution in [3.8, 4) is 0 Å². The Labute approximate surface area is 89.9 Å². The summed E-state index contributed by atoms with van der Waals surface area (Å²) < 4.78 is 5.40. The van der Waals surface area contributed by atoms with Gasteiger partial charge in [-0.2, -0.15) is 0 Å². The van der Waals surface area contributed by atoms with E-state index < -0.39 is 0 Å². The fourth-order valence-electron chi connectivity index (χ4n) is 2.04. The van der Waals surface area contributed by atoms with E-state index >= 15 is 0 Å². The number of nitrogens with one attached hydrogen (secondary N) is 1. The Balaban J connectivity index is 2.03. The van der Waals surface area contributed by atoms with Gasteiger partial charge < -0.3 is 9.73 Å². The molecule has 15 heavy (non-hydrogen) atoms. The molecule has 5 nitrogen and oxygen atoms in total. The Bertz CT molecular complexity index is 315. The van der Waals surface area contributed by atoms with Crippen LogP contribution in [-0.4, -0.2) is 40.3 Å². The maximum atomic E-state index is 5.40. The van der Waals surface area contributed by atoms with Crippen LogP contribution in [0.3, 0.4) is 0 Å². The summed E-state index contributed by atoms with van der Waals surface area (Å²) in [6, 6.07) is 1.03. The highest BCUT2D eigenvalue weighted by atomic mass is 16.4. The van der Waals surface area contributed by atoms with E-state index in [2.05, 4.69) is 34.3 Å². The van der Waals surface area contributed by atoms with Crippen molar-refractivity contribution in [1.29, 1.82) is 0 Å².